The SMILES string of the molecule is CCC1CCNCC1N. The van der Waals surface area contributed by atoms with E-state index in [-0.39, 0.29) is 0 Å². The Balaban J connectivity index is 2.30. The molecule has 3 N–H and O–H groups in total. The average molecular weight is 128 g/mol. The van der Waals surface area contributed by atoms with Gasteiger partial charge in [0.25, 0.3) is 0 Å². The highest BCUT2D eigenvalue weighted by molar-refractivity contribution is 4.79. The molecule has 1 aliphatic rings. The van der Waals surface area contributed by atoms with E-state index in [1.54, 1.807) is 0 Å². The normalized spacial score (nSPS) is 36.7. The topological polar surface area (TPSA) is 38.0 Å². The average Bonchev–Trinajstić information content (AvgIpc) is 1.89. The van der Waals surface area contributed by atoms with Crippen molar-refractivity contribution in [1.82, 2.24) is 5.32 Å². The fourth-order valence-electron chi connectivity index (χ4n) is 1.44. The Hall–Kier alpha value is -0.0800. The van der Waals surface area contributed by atoms with Gasteiger partial charge in [-0.1, -0.05) is 13.3 Å². The van der Waals surface area contributed by atoms with E-state index in [0.717, 1.165) is 19.0 Å². The minimum absolute atomic E-state index is 0.406. The van der Waals surface area contributed by atoms with Gasteiger partial charge in [0.1, 0.15) is 0 Å². The fraction of sp³-hybridized carbons (Fsp3) is 1.00. The van der Waals surface area contributed by atoms with Crippen molar-refractivity contribution in [2.24, 2.45) is 11.7 Å². The number of hydrogen-bond acceptors (Lipinski definition) is 2. The molecule has 1 saturated heterocycles. The van der Waals surface area contributed by atoms with Gasteiger partial charge in [0.2, 0.25) is 0 Å². The molecule has 2 nitrogen and oxygen atoms in total. The van der Waals surface area contributed by atoms with E-state index < -0.39 is 0 Å². The summed E-state index contributed by atoms with van der Waals surface area (Å²) in [7, 11) is 0. The van der Waals surface area contributed by atoms with Crippen LogP contribution in [0, 0.1) is 5.92 Å². The van der Waals surface area contributed by atoms with E-state index in [1.807, 2.05) is 0 Å². The van der Waals surface area contributed by atoms with Crippen LogP contribution in [0.15, 0.2) is 0 Å². The summed E-state index contributed by atoms with van der Waals surface area (Å²) in [6.45, 7) is 4.39. The van der Waals surface area contributed by atoms with Crippen molar-refractivity contribution in [1.29, 1.82) is 0 Å². The standard InChI is InChI=1S/C7H16N2/c1-2-6-3-4-9-5-7(6)8/h6-7,9H,2-5,8H2,1H3. The maximum Gasteiger partial charge on any atom is 0.0194 e. The molecule has 0 radical (unpaired) electrons. The molecule has 2 unspecified atom stereocenters. The molecule has 54 valence electrons. The summed E-state index contributed by atoms with van der Waals surface area (Å²) in [6.07, 6.45) is 2.50. The smallest absolute Gasteiger partial charge is 0.0194 e. The Morgan fingerprint density at radius 1 is 1.67 bits per heavy atom. The second-order valence-corrected chi connectivity index (χ2v) is 2.82. The third kappa shape index (κ3) is 1.66. The van der Waals surface area contributed by atoms with E-state index in [1.165, 1.54) is 12.8 Å². The van der Waals surface area contributed by atoms with E-state index in [4.69, 9.17) is 5.73 Å². The first-order chi connectivity index (χ1) is 4.34. The molecule has 0 amide bonds. The summed E-state index contributed by atoms with van der Waals surface area (Å²) < 4.78 is 0. The van der Waals surface area contributed by atoms with E-state index in [2.05, 4.69) is 12.2 Å². The van der Waals surface area contributed by atoms with Crippen LogP contribution in [-0.2, 0) is 0 Å². The molecule has 1 aliphatic heterocycles. The van der Waals surface area contributed by atoms with Crippen LogP contribution in [0.25, 0.3) is 0 Å². The second kappa shape index (κ2) is 3.18. The lowest BCUT2D eigenvalue weighted by molar-refractivity contribution is 0.316. The predicted molar refractivity (Wildman–Crippen MR) is 39.2 cm³/mol. The molecule has 0 aromatic heterocycles. The Bertz CT molecular complexity index is 83.0. The number of piperidine rings is 1. The molecule has 0 bridgehead atoms. The van der Waals surface area contributed by atoms with Crippen LogP contribution in [0.5, 0.6) is 0 Å². The number of nitrogens with one attached hydrogen (secondary N) is 1. The van der Waals surface area contributed by atoms with Gasteiger partial charge in [-0.25, -0.2) is 0 Å². The van der Waals surface area contributed by atoms with Crippen molar-refractivity contribution in [3.05, 3.63) is 0 Å². The van der Waals surface area contributed by atoms with Crippen molar-refractivity contribution >= 4 is 0 Å². The van der Waals surface area contributed by atoms with Gasteiger partial charge in [0, 0.05) is 12.6 Å². The molecular formula is C7H16N2. The van der Waals surface area contributed by atoms with Crippen LogP contribution >= 0.6 is 0 Å². The number of nitrogens with two attached hydrogens (primary N) is 1. The predicted octanol–water partition coefficient (Wildman–Crippen LogP) is 0.333. The highest BCUT2D eigenvalue weighted by Gasteiger charge is 2.18. The number of rotatable bonds is 1. The second-order valence-electron chi connectivity index (χ2n) is 2.82. The summed E-state index contributed by atoms with van der Waals surface area (Å²) in [5.41, 5.74) is 5.83. The molecule has 0 spiro atoms. The molecule has 9 heavy (non-hydrogen) atoms. The first-order valence-electron chi connectivity index (χ1n) is 3.81. The van der Waals surface area contributed by atoms with E-state index in [9.17, 15) is 0 Å². The largest absolute Gasteiger partial charge is 0.326 e. The molecule has 0 saturated carbocycles. The van der Waals surface area contributed by atoms with Gasteiger partial charge in [0.15, 0.2) is 0 Å². The van der Waals surface area contributed by atoms with Crippen molar-refractivity contribution < 1.29 is 0 Å². The molecule has 1 fully saturated rings. The molecule has 0 aromatic carbocycles. The van der Waals surface area contributed by atoms with Crippen LogP contribution < -0.4 is 11.1 Å². The third-order valence-electron chi connectivity index (χ3n) is 2.20. The lowest BCUT2D eigenvalue weighted by atomic mass is 9.91. The van der Waals surface area contributed by atoms with Crippen LogP contribution in [0.2, 0.25) is 0 Å². The summed E-state index contributed by atoms with van der Waals surface area (Å²) in [4.78, 5) is 0. The zero-order chi connectivity index (χ0) is 6.69. The van der Waals surface area contributed by atoms with Gasteiger partial charge in [-0.15, -0.1) is 0 Å². The highest BCUT2D eigenvalue weighted by Crippen LogP contribution is 2.13. The molecule has 1 rings (SSSR count). The van der Waals surface area contributed by atoms with Gasteiger partial charge < -0.3 is 11.1 Å². The summed E-state index contributed by atoms with van der Waals surface area (Å²) in [5, 5.41) is 3.27. The third-order valence-corrected chi connectivity index (χ3v) is 2.20. The fourth-order valence-corrected chi connectivity index (χ4v) is 1.44. The monoisotopic (exact) mass is 128 g/mol. The lowest BCUT2D eigenvalue weighted by Crippen LogP contribution is -2.45. The van der Waals surface area contributed by atoms with E-state index in [0.29, 0.717) is 6.04 Å². The molecule has 2 atom stereocenters. The molecule has 2 heteroatoms. The summed E-state index contributed by atoms with van der Waals surface area (Å²) in [6, 6.07) is 0.406. The van der Waals surface area contributed by atoms with Gasteiger partial charge in [-0.2, -0.15) is 0 Å². The Kier molecular flexibility index (Phi) is 2.49. The van der Waals surface area contributed by atoms with Gasteiger partial charge in [-0.3, -0.25) is 0 Å². The van der Waals surface area contributed by atoms with Crippen LogP contribution in [0.1, 0.15) is 19.8 Å². The minimum atomic E-state index is 0.406. The zero-order valence-electron chi connectivity index (χ0n) is 6.06. The Labute approximate surface area is 56.8 Å². The Morgan fingerprint density at radius 2 is 2.44 bits per heavy atom. The van der Waals surface area contributed by atoms with E-state index >= 15 is 0 Å². The first-order valence-corrected chi connectivity index (χ1v) is 3.81. The highest BCUT2D eigenvalue weighted by atomic mass is 14.9. The van der Waals surface area contributed by atoms with Crippen LogP contribution in [0.4, 0.5) is 0 Å². The zero-order valence-corrected chi connectivity index (χ0v) is 6.06. The summed E-state index contributed by atoms with van der Waals surface area (Å²) >= 11 is 0. The van der Waals surface area contributed by atoms with Crippen LogP contribution in [0.3, 0.4) is 0 Å². The quantitative estimate of drug-likeness (QED) is 0.534. The minimum Gasteiger partial charge on any atom is -0.326 e. The molecule has 0 aromatic rings. The van der Waals surface area contributed by atoms with Gasteiger partial charge in [-0.05, 0) is 18.9 Å². The van der Waals surface area contributed by atoms with Gasteiger partial charge in [0.05, 0.1) is 0 Å². The lowest BCUT2D eigenvalue weighted by Gasteiger charge is -2.28. The van der Waals surface area contributed by atoms with Crippen molar-refractivity contribution in [3.8, 4) is 0 Å². The first kappa shape index (κ1) is 7.03. The van der Waals surface area contributed by atoms with Crippen molar-refractivity contribution in [2.75, 3.05) is 13.1 Å². The molecular weight excluding hydrogens is 112 g/mol. The molecule has 0 aliphatic carbocycles. The molecule has 1 heterocycles. The number of hydrogen-bond donors (Lipinski definition) is 2. The summed E-state index contributed by atoms with van der Waals surface area (Å²) in [5.74, 6) is 0.770. The van der Waals surface area contributed by atoms with Gasteiger partial charge >= 0.3 is 0 Å². The Morgan fingerprint density at radius 3 is 2.89 bits per heavy atom. The van der Waals surface area contributed by atoms with Crippen molar-refractivity contribution in [2.45, 2.75) is 25.8 Å². The maximum absolute atomic E-state index is 5.83. The van der Waals surface area contributed by atoms with Crippen LogP contribution in [-0.4, -0.2) is 19.1 Å². The van der Waals surface area contributed by atoms with Crippen molar-refractivity contribution in [3.63, 3.8) is 0 Å². The maximum atomic E-state index is 5.83.